The monoisotopic (exact) mass is 680 g/mol. The molecule has 0 fully saturated rings. The first-order valence-corrected chi connectivity index (χ1v) is 16.9. The first kappa shape index (κ1) is 20.1. The topological polar surface area (TPSA) is 56.7 Å². The Morgan fingerprint density at radius 3 is 1.94 bits per heavy atom. The Balaban J connectivity index is 1.16. The number of nitrogens with zero attached hydrogens (tertiary/aromatic N) is 4. The number of fused-ring (bicyclic) bond motifs is 10. The summed E-state index contributed by atoms with van der Waals surface area (Å²) in [5.41, 5.74) is 3.83. The number of thiophene rings is 1. The van der Waals surface area contributed by atoms with Crippen LogP contribution in [0.25, 0.3) is 104 Å². The lowest BCUT2D eigenvalue weighted by molar-refractivity contribution is 0.669. The molecule has 0 spiro atoms. The van der Waals surface area contributed by atoms with Gasteiger partial charge in [-0.2, -0.15) is 0 Å². The van der Waals surface area contributed by atoms with E-state index in [0.29, 0.717) is 16.7 Å². The second kappa shape index (κ2) is 10.9. The van der Waals surface area contributed by atoms with Gasteiger partial charge in [0.15, 0.2) is 17.5 Å². The van der Waals surface area contributed by atoms with Gasteiger partial charge in [-0.1, -0.05) is 121 Å². The highest BCUT2D eigenvalue weighted by molar-refractivity contribution is 7.26. The van der Waals surface area contributed by atoms with Gasteiger partial charge in [0, 0.05) is 48.3 Å². The summed E-state index contributed by atoms with van der Waals surface area (Å²) >= 11 is 1.76. The highest BCUT2D eigenvalue weighted by Gasteiger charge is 2.21. The van der Waals surface area contributed by atoms with Gasteiger partial charge in [-0.25, -0.2) is 15.0 Å². The van der Waals surface area contributed by atoms with Crippen molar-refractivity contribution >= 4 is 75.3 Å². The summed E-state index contributed by atoms with van der Waals surface area (Å²) in [7, 11) is 0. The van der Waals surface area contributed by atoms with Crippen LogP contribution in [0.4, 0.5) is 0 Å². The molecule has 0 aliphatic carbocycles. The zero-order valence-corrected chi connectivity index (χ0v) is 27.2. The van der Waals surface area contributed by atoms with Crippen molar-refractivity contribution in [2.24, 2.45) is 0 Å². The minimum absolute atomic E-state index is 0.0456. The van der Waals surface area contributed by atoms with Crippen molar-refractivity contribution in [2.45, 2.75) is 0 Å². The maximum absolute atomic E-state index is 8.68. The maximum atomic E-state index is 8.68. The lowest BCUT2D eigenvalue weighted by Crippen LogP contribution is -2.00. The van der Waals surface area contributed by atoms with Gasteiger partial charge in [0.25, 0.3) is 0 Å². The Morgan fingerprint density at radius 2 is 1.18 bits per heavy atom. The molecule has 0 amide bonds. The molecular weight excluding hydrogens is 645 g/mol. The predicted octanol–water partition coefficient (Wildman–Crippen LogP) is 12.2. The van der Waals surface area contributed by atoms with E-state index < -0.39 is 60.4 Å². The number of para-hydroxylation sites is 1. The molecule has 0 unspecified atom stereocenters. The largest absolute Gasteiger partial charge is 0.456 e. The van der Waals surface area contributed by atoms with Gasteiger partial charge in [0.1, 0.15) is 11.2 Å². The highest BCUT2D eigenvalue weighted by atomic mass is 32.1. The number of rotatable bonds is 4. The normalized spacial score (nSPS) is 14.7. The molecule has 7 aromatic carbocycles. The Labute approximate surface area is 309 Å². The first-order chi connectivity index (χ1) is 29.4. The molecule has 0 bridgehead atoms. The molecule has 4 heterocycles. The fraction of sp³-hybridized carbons (Fsp3) is 0. The van der Waals surface area contributed by atoms with Crippen molar-refractivity contribution in [1.82, 2.24) is 19.5 Å². The molecular formula is C45H26N4OS. The van der Waals surface area contributed by atoms with E-state index in [9.17, 15) is 0 Å². The maximum Gasteiger partial charge on any atom is 0.164 e. The third-order valence-corrected chi connectivity index (χ3v) is 10.4. The van der Waals surface area contributed by atoms with Crippen molar-refractivity contribution in [2.75, 3.05) is 0 Å². The summed E-state index contributed by atoms with van der Waals surface area (Å²) < 4.78 is 95.5. The summed E-state index contributed by atoms with van der Waals surface area (Å²) in [6, 6.07) is 26.5. The second-order valence-corrected chi connectivity index (χ2v) is 13.1. The molecule has 0 saturated carbocycles. The third-order valence-electron chi connectivity index (χ3n) is 9.24. The summed E-state index contributed by atoms with van der Waals surface area (Å²) in [6.45, 7) is 0. The van der Waals surface area contributed by atoms with Crippen molar-refractivity contribution in [3.05, 3.63) is 157 Å². The zero-order valence-electron chi connectivity index (χ0n) is 36.3. The van der Waals surface area contributed by atoms with Crippen LogP contribution < -0.4 is 0 Å². The number of aromatic nitrogens is 4. The van der Waals surface area contributed by atoms with E-state index in [1.807, 2.05) is 30.3 Å². The molecule has 51 heavy (non-hydrogen) atoms. The van der Waals surface area contributed by atoms with Crippen molar-refractivity contribution in [1.29, 1.82) is 0 Å². The Morgan fingerprint density at radius 1 is 0.529 bits per heavy atom. The van der Waals surface area contributed by atoms with E-state index in [4.69, 9.17) is 18.1 Å². The van der Waals surface area contributed by atoms with Crippen LogP contribution >= 0.6 is 11.3 Å². The number of hydrogen-bond acceptors (Lipinski definition) is 5. The minimum atomic E-state index is -0.613. The number of furan rings is 1. The van der Waals surface area contributed by atoms with Gasteiger partial charge in [-0.05, 0) is 36.4 Å². The molecule has 5 nitrogen and oxygen atoms in total. The van der Waals surface area contributed by atoms with Crippen LogP contribution in [0, 0.1) is 0 Å². The summed E-state index contributed by atoms with van der Waals surface area (Å²) in [5, 5.41) is 6.26. The fourth-order valence-corrected chi connectivity index (χ4v) is 8.31. The lowest BCUT2D eigenvalue weighted by atomic mass is 10.1. The Hall–Kier alpha value is -6.63. The first-order valence-electron chi connectivity index (χ1n) is 21.1. The minimum Gasteiger partial charge on any atom is -0.456 e. The predicted molar refractivity (Wildman–Crippen MR) is 211 cm³/mol. The van der Waals surface area contributed by atoms with Crippen LogP contribution in [-0.2, 0) is 0 Å². The van der Waals surface area contributed by atoms with E-state index in [0.717, 1.165) is 38.3 Å². The zero-order chi connectivity index (χ0) is 42.2. The van der Waals surface area contributed by atoms with Crippen molar-refractivity contribution in [3.63, 3.8) is 0 Å². The van der Waals surface area contributed by atoms with Crippen molar-refractivity contribution in [3.8, 4) is 39.9 Å². The molecule has 11 rings (SSSR count). The van der Waals surface area contributed by atoms with E-state index in [1.165, 1.54) is 20.2 Å². The Bertz CT molecular complexity index is 3600. The Kier molecular flexibility index (Phi) is 4.32. The quantitative estimate of drug-likeness (QED) is 0.186. The average Bonchev–Trinajstić information content (AvgIpc) is 3.96. The van der Waals surface area contributed by atoms with Gasteiger partial charge < -0.3 is 8.98 Å². The van der Waals surface area contributed by atoms with Gasteiger partial charge in [0.2, 0.25) is 0 Å². The molecule has 0 saturated heterocycles. The van der Waals surface area contributed by atoms with Crippen LogP contribution in [-0.4, -0.2) is 19.5 Å². The molecule has 0 aliphatic heterocycles. The van der Waals surface area contributed by atoms with Gasteiger partial charge >= 0.3 is 0 Å². The van der Waals surface area contributed by atoms with Crippen LogP contribution in [0.2, 0.25) is 0 Å². The van der Waals surface area contributed by atoms with Crippen LogP contribution in [0.3, 0.4) is 0 Å². The number of hydrogen-bond donors (Lipinski definition) is 0. The molecule has 0 atom stereocenters. The molecule has 0 N–H and O–H groups in total. The third kappa shape index (κ3) is 4.30. The summed E-state index contributed by atoms with van der Waals surface area (Å²) in [4.78, 5) is 13.6. The second-order valence-electron chi connectivity index (χ2n) is 12.1. The summed E-state index contributed by atoms with van der Waals surface area (Å²) in [5.74, 6) is -0.722. The van der Waals surface area contributed by atoms with E-state index >= 15 is 0 Å². The van der Waals surface area contributed by atoms with E-state index in [2.05, 4.69) is 74.1 Å². The summed E-state index contributed by atoms with van der Waals surface area (Å²) in [6.07, 6.45) is 0. The van der Waals surface area contributed by atoms with E-state index in [1.54, 1.807) is 23.5 Å². The van der Waals surface area contributed by atoms with Gasteiger partial charge in [-0.15, -0.1) is 11.3 Å². The van der Waals surface area contributed by atoms with Crippen molar-refractivity contribution < 1.29 is 18.1 Å². The average molecular weight is 681 g/mol. The smallest absolute Gasteiger partial charge is 0.164 e. The molecule has 11 aromatic rings. The SMILES string of the molecule is [2H]c1c([2H])c([2H])c(-c2nc(-c3ccc4c(c3)oc3cccc(-n5c6ccccc6c6ccc7c8ccccc8sc7c65)c34)nc(-c3c([2H])c([2H])c([2H])c([2H])c3[2H])n2)c([2H])c1[2H]. The van der Waals surface area contributed by atoms with E-state index in [-0.39, 0.29) is 28.6 Å². The molecule has 0 aliphatic rings. The lowest BCUT2D eigenvalue weighted by Gasteiger charge is -2.10. The van der Waals surface area contributed by atoms with Gasteiger partial charge in [0.05, 0.1) is 40.5 Å². The molecule has 0 radical (unpaired) electrons. The fourth-order valence-electron chi connectivity index (χ4n) is 7.07. The van der Waals surface area contributed by atoms with Crippen LogP contribution in [0.1, 0.15) is 13.7 Å². The molecule has 4 aromatic heterocycles. The van der Waals surface area contributed by atoms with Crippen LogP contribution in [0.15, 0.2) is 162 Å². The van der Waals surface area contributed by atoms with Gasteiger partial charge in [-0.3, -0.25) is 0 Å². The molecule has 6 heteroatoms. The number of benzene rings is 7. The van der Waals surface area contributed by atoms with Crippen LogP contribution in [0.5, 0.6) is 0 Å². The molecule has 238 valence electrons. The highest BCUT2D eigenvalue weighted by Crippen LogP contribution is 2.45. The standard InChI is InChI=1S/C45H26N4OS/c1-3-12-27(13-4-1)43-46-44(28-14-5-2-6-15-28)48-45(47-43)29-22-23-34-38(26-29)50-37-20-11-19-36(40(34)37)49-35-18-9-7-16-30(35)32-24-25-33-31-17-8-10-21-39(31)51-42(33)41(32)49/h1-26H/i1D,2D,3D,4D,5D,6D,12D,13D,14D,15D.